The highest BCUT2D eigenvalue weighted by molar-refractivity contribution is 7.92. The molecule has 0 spiro atoms. The highest BCUT2D eigenvalue weighted by atomic mass is 32.2. The number of imidazole rings is 1. The van der Waals surface area contributed by atoms with E-state index in [0.717, 1.165) is 11.0 Å². The maximum atomic E-state index is 12.5. The second kappa shape index (κ2) is 8.41. The first kappa shape index (κ1) is 20.3. The Morgan fingerprint density at radius 3 is 2.45 bits per heavy atom. The van der Waals surface area contributed by atoms with Crippen molar-refractivity contribution in [2.24, 2.45) is 7.05 Å². The first-order chi connectivity index (χ1) is 14.9. The topological polar surface area (TPSA) is 106 Å². The van der Waals surface area contributed by atoms with Crippen molar-refractivity contribution in [2.45, 2.75) is 4.90 Å². The second-order valence-corrected chi connectivity index (χ2v) is 8.35. The van der Waals surface area contributed by atoms with Crippen LogP contribution in [0.15, 0.2) is 90.1 Å². The van der Waals surface area contributed by atoms with Gasteiger partial charge >= 0.3 is 0 Å². The number of hydrogen-bond acceptors (Lipinski definition) is 6. The molecule has 156 valence electrons. The molecule has 0 aliphatic heterocycles. The summed E-state index contributed by atoms with van der Waals surface area (Å²) in [5, 5.41) is 2.96. The van der Waals surface area contributed by atoms with Crippen LogP contribution in [0.5, 0.6) is 0 Å². The molecule has 0 saturated carbocycles. The summed E-state index contributed by atoms with van der Waals surface area (Å²) in [7, 11) is -1.95. The third-order valence-corrected chi connectivity index (χ3v) is 5.93. The molecule has 0 fully saturated rings. The van der Waals surface area contributed by atoms with Crippen LogP contribution in [0.3, 0.4) is 0 Å². The van der Waals surface area contributed by atoms with Crippen molar-refractivity contribution in [3.63, 3.8) is 0 Å². The van der Waals surface area contributed by atoms with Gasteiger partial charge in [0.15, 0.2) is 5.82 Å². The Hall–Kier alpha value is -3.98. The number of fused-ring (bicyclic) bond motifs is 1. The average molecular weight is 433 g/mol. The molecule has 0 radical (unpaired) electrons. The zero-order chi connectivity index (χ0) is 21.8. The monoisotopic (exact) mass is 433 g/mol. The molecule has 2 aromatic carbocycles. The van der Waals surface area contributed by atoms with Crippen molar-refractivity contribution < 1.29 is 13.2 Å². The SMILES string of the molecule is Cn1c(C(=O)/C=C/Nc2ccc(S(=O)(=O)Nc3ccccn3)cc2)nc2ccccc21. The number of anilines is 2. The molecule has 0 amide bonds. The molecule has 0 bridgehead atoms. The molecule has 9 heteroatoms. The quantitative estimate of drug-likeness (QED) is 0.341. The summed E-state index contributed by atoms with van der Waals surface area (Å²) in [4.78, 5) is 20.9. The average Bonchev–Trinajstić information content (AvgIpc) is 3.11. The molecule has 0 aliphatic carbocycles. The van der Waals surface area contributed by atoms with Gasteiger partial charge in [0, 0.05) is 31.2 Å². The van der Waals surface area contributed by atoms with Gasteiger partial charge in [0.25, 0.3) is 10.0 Å². The van der Waals surface area contributed by atoms with Crippen LogP contribution in [-0.4, -0.2) is 28.7 Å². The number of sulfonamides is 1. The summed E-state index contributed by atoms with van der Waals surface area (Å²) in [6.45, 7) is 0. The van der Waals surface area contributed by atoms with Gasteiger partial charge in [-0.25, -0.2) is 18.4 Å². The molecule has 8 nitrogen and oxygen atoms in total. The minimum Gasteiger partial charge on any atom is -0.362 e. The molecule has 2 N–H and O–H groups in total. The Bertz CT molecular complexity index is 1360. The number of para-hydroxylation sites is 2. The number of ketones is 1. The molecule has 0 unspecified atom stereocenters. The Kier molecular flexibility index (Phi) is 5.50. The summed E-state index contributed by atoms with van der Waals surface area (Å²) in [6.07, 6.45) is 4.39. The fourth-order valence-electron chi connectivity index (χ4n) is 3.00. The van der Waals surface area contributed by atoms with E-state index in [-0.39, 0.29) is 16.5 Å². The lowest BCUT2D eigenvalue weighted by Gasteiger charge is -2.08. The number of carbonyl (C=O) groups is 1. The van der Waals surface area contributed by atoms with Gasteiger partial charge < -0.3 is 9.88 Å². The van der Waals surface area contributed by atoms with Crippen LogP contribution in [0.2, 0.25) is 0 Å². The zero-order valence-corrected chi connectivity index (χ0v) is 17.4. The van der Waals surface area contributed by atoms with Crippen LogP contribution < -0.4 is 10.0 Å². The van der Waals surface area contributed by atoms with Gasteiger partial charge in [0.05, 0.1) is 15.9 Å². The van der Waals surface area contributed by atoms with E-state index in [0.29, 0.717) is 11.5 Å². The lowest BCUT2D eigenvalue weighted by Crippen LogP contribution is -2.13. The van der Waals surface area contributed by atoms with Gasteiger partial charge in [0.2, 0.25) is 5.78 Å². The molecule has 2 aromatic heterocycles. The Morgan fingerprint density at radius 1 is 1.00 bits per heavy atom. The van der Waals surface area contributed by atoms with E-state index < -0.39 is 10.0 Å². The van der Waals surface area contributed by atoms with Crippen molar-refractivity contribution in [3.05, 3.63) is 91.0 Å². The van der Waals surface area contributed by atoms with Crippen molar-refractivity contribution in [1.82, 2.24) is 14.5 Å². The summed E-state index contributed by atoms with van der Waals surface area (Å²) < 4.78 is 29.0. The number of aromatic nitrogens is 3. The van der Waals surface area contributed by atoms with E-state index in [1.54, 1.807) is 41.9 Å². The zero-order valence-electron chi connectivity index (χ0n) is 16.6. The lowest BCUT2D eigenvalue weighted by molar-refractivity contribution is 0.103. The number of hydrogen-bond donors (Lipinski definition) is 2. The smallest absolute Gasteiger partial charge is 0.263 e. The van der Waals surface area contributed by atoms with Crippen molar-refractivity contribution in [1.29, 1.82) is 0 Å². The molecule has 0 saturated heterocycles. The normalized spacial score (nSPS) is 11.6. The first-order valence-electron chi connectivity index (χ1n) is 9.37. The van der Waals surface area contributed by atoms with Gasteiger partial charge in [-0.2, -0.15) is 0 Å². The minimum absolute atomic E-state index is 0.100. The molecule has 0 aliphatic rings. The first-order valence-corrected chi connectivity index (χ1v) is 10.9. The van der Waals surface area contributed by atoms with E-state index in [2.05, 4.69) is 20.0 Å². The summed E-state index contributed by atoms with van der Waals surface area (Å²) in [5.41, 5.74) is 2.26. The third kappa shape index (κ3) is 4.46. The van der Waals surface area contributed by atoms with Crippen LogP contribution in [0, 0.1) is 0 Å². The van der Waals surface area contributed by atoms with Crippen molar-refractivity contribution in [2.75, 3.05) is 10.0 Å². The number of rotatable bonds is 7. The Morgan fingerprint density at radius 2 is 1.74 bits per heavy atom. The second-order valence-electron chi connectivity index (χ2n) is 6.67. The lowest BCUT2D eigenvalue weighted by atomic mass is 10.3. The molecule has 2 heterocycles. The highest BCUT2D eigenvalue weighted by Gasteiger charge is 2.15. The molecule has 31 heavy (non-hydrogen) atoms. The van der Waals surface area contributed by atoms with E-state index in [1.807, 2.05) is 24.3 Å². The minimum atomic E-state index is -3.74. The number of nitrogens with zero attached hydrogens (tertiary/aromatic N) is 3. The van der Waals surface area contributed by atoms with Crippen molar-refractivity contribution in [3.8, 4) is 0 Å². The van der Waals surface area contributed by atoms with Gasteiger partial charge in [0.1, 0.15) is 5.82 Å². The third-order valence-electron chi connectivity index (χ3n) is 4.56. The standard InChI is InChI=1S/C22H19N5O3S/c1-27-19-7-3-2-6-18(19)25-22(27)20(28)13-15-23-16-9-11-17(12-10-16)31(29,30)26-21-8-4-5-14-24-21/h2-15,23H,1H3,(H,24,26)/b15-13+. The van der Waals surface area contributed by atoms with Gasteiger partial charge in [-0.3, -0.25) is 9.52 Å². The Labute approximate surface area is 179 Å². The van der Waals surface area contributed by atoms with Crippen LogP contribution in [0.25, 0.3) is 11.0 Å². The maximum absolute atomic E-state index is 12.5. The molecule has 4 rings (SSSR count). The van der Waals surface area contributed by atoms with E-state index >= 15 is 0 Å². The molecular formula is C22H19N5O3S. The number of nitrogens with one attached hydrogen (secondary N) is 2. The van der Waals surface area contributed by atoms with Crippen molar-refractivity contribution >= 4 is 38.3 Å². The fraction of sp³-hybridized carbons (Fsp3) is 0.0455. The van der Waals surface area contributed by atoms with Crippen LogP contribution in [-0.2, 0) is 17.1 Å². The molecule has 4 aromatic rings. The molecule has 0 atom stereocenters. The predicted octanol–water partition coefficient (Wildman–Crippen LogP) is 3.58. The number of aryl methyl sites for hydroxylation is 1. The summed E-state index contributed by atoms with van der Waals surface area (Å²) in [5.74, 6) is 0.333. The number of carbonyl (C=O) groups excluding carboxylic acids is 1. The number of benzene rings is 2. The van der Waals surface area contributed by atoms with Gasteiger partial charge in [-0.05, 0) is 48.5 Å². The van der Waals surface area contributed by atoms with E-state index in [1.165, 1.54) is 30.6 Å². The van der Waals surface area contributed by atoms with Gasteiger partial charge in [-0.1, -0.05) is 18.2 Å². The van der Waals surface area contributed by atoms with E-state index in [4.69, 9.17) is 0 Å². The number of pyridine rings is 1. The van der Waals surface area contributed by atoms with Crippen LogP contribution in [0.1, 0.15) is 10.6 Å². The Balaban J connectivity index is 1.42. The van der Waals surface area contributed by atoms with E-state index in [9.17, 15) is 13.2 Å². The summed E-state index contributed by atoms with van der Waals surface area (Å²) >= 11 is 0. The number of allylic oxidation sites excluding steroid dienone is 1. The van der Waals surface area contributed by atoms with Crippen LogP contribution in [0.4, 0.5) is 11.5 Å². The largest absolute Gasteiger partial charge is 0.362 e. The molecular weight excluding hydrogens is 414 g/mol. The fourth-order valence-corrected chi connectivity index (χ4v) is 4.01. The highest BCUT2D eigenvalue weighted by Crippen LogP contribution is 2.18. The van der Waals surface area contributed by atoms with Gasteiger partial charge in [-0.15, -0.1) is 0 Å². The van der Waals surface area contributed by atoms with Crippen LogP contribution >= 0.6 is 0 Å². The predicted molar refractivity (Wildman–Crippen MR) is 119 cm³/mol. The summed E-state index contributed by atoms with van der Waals surface area (Å²) in [6, 6.07) is 18.6. The maximum Gasteiger partial charge on any atom is 0.263 e.